The highest BCUT2D eigenvalue weighted by molar-refractivity contribution is 7.89. The molecular formula is C23H26F3N5O2S. The molecule has 1 aromatic heterocycles. The number of rotatable bonds is 4. The number of benzene rings is 2. The van der Waals surface area contributed by atoms with Gasteiger partial charge in [-0.05, 0) is 50.1 Å². The topological polar surface area (TPSA) is 87.2 Å². The second kappa shape index (κ2) is 9.03. The van der Waals surface area contributed by atoms with Gasteiger partial charge >= 0.3 is 6.18 Å². The summed E-state index contributed by atoms with van der Waals surface area (Å²) in [6, 6.07) is 9.44. The van der Waals surface area contributed by atoms with Crippen molar-refractivity contribution in [2.24, 2.45) is 0 Å². The highest BCUT2D eigenvalue weighted by Crippen LogP contribution is 2.36. The minimum absolute atomic E-state index is 0.00434. The Morgan fingerprint density at radius 1 is 1.09 bits per heavy atom. The molecule has 0 aliphatic carbocycles. The van der Waals surface area contributed by atoms with Crippen LogP contribution < -0.4 is 14.9 Å². The Kier molecular flexibility index (Phi) is 6.43. The number of nitrogens with one attached hydrogen (secondary N) is 2. The van der Waals surface area contributed by atoms with Crippen LogP contribution in [0.3, 0.4) is 0 Å². The van der Waals surface area contributed by atoms with Gasteiger partial charge in [0.05, 0.1) is 23.1 Å². The van der Waals surface area contributed by atoms with Crippen molar-refractivity contribution in [1.29, 1.82) is 0 Å². The third-order valence-corrected chi connectivity index (χ3v) is 7.51. The molecule has 1 atom stereocenters. The van der Waals surface area contributed by atoms with Gasteiger partial charge in [-0.2, -0.15) is 18.3 Å². The normalized spacial score (nSPS) is 17.4. The van der Waals surface area contributed by atoms with Gasteiger partial charge in [-0.3, -0.25) is 0 Å². The van der Waals surface area contributed by atoms with E-state index < -0.39 is 27.8 Å². The van der Waals surface area contributed by atoms with Crippen LogP contribution in [0, 0.1) is 13.8 Å². The van der Waals surface area contributed by atoms with Crippen LogP contribution in [0.5, 0.6) is 0 Å². The maximum atomic E-state index is 13.4. The second-order valence-corrected chi connectivity index (χ2v) is 10.4. The predicted octanol–water partition coefficient (Wildman–Crippen LogP) is 4.18. The number of sulfonamides is 1. The summed E-state index contributed by atoms with van der Waals surface area (Å²) >= 11 is 0. The summed E-state index contributed by atoms with van der Waals surface area (Å²) in [6.45, 7) is 6.26. The monoisotopic (exact) mass is 493 g/mol. The van der Waals surface area contributed by atoms with Crippen LogP contribution in [-0.2, 0) is 16.2 Å². The van der Waals surface area contributed by atoms with Gasteiger partial charge in [-0.15, -0.1) is 5.10 Å². The molecule has 2 N–H and O–H groups in total. The van der Waals surface area contributed by atoms with Crippen LogP contribution in [0.2, 0.25) is 0 Å². The van der Waals surface area contributed by atoms with Gasteiger partial charge in [0.2, 0.25) is 10.0 Å². The van der Waals surface area contributed by atoms with Gasteiger partial charge in [0.25, 0.3) is 0 Å². The molecule has 1 saturated heterocycles. The number of halogens is 3. The van der Waals surface area contributed by atoms with E-state index in [0.717, 1.165) is 28.2 Å². The van der Waals surface area contributed by atoms with E-state index >= 15 is 0 Å². The van der Waals surface area contributed by atoms with Gasteiger partial charge in [-0.1, -0.05) is 18.2 Å². The maximum absolute atomic E-state index is 13.4. The zero-order chi connectivity index (χ0) is 24.7. The van der Waals surface area contributed by atoms with Crippen LogP contribution in [-0.4, -0.2) is 44.0 Å². The molecule has 1 fully saturated rings. The molecule has 182 valence electrons. The van der Waals surface area contributed by atoms with E-state index in [1.165, 1.54) is 13.0 Å². The van der Waals surface area contributed by atoms with Crippen LogP contribution in [0.25, 0.3) is 10.8 Å². The summed E-state index contributed by atoms with van der Waals surface area (Å²) in [5, 5.41) is 13.4. The lowest BCUT2D eigenvalue weighted by Gasteiger charge is -2.23. The average molecular weight is 494 g/mol. The molecule has 11 heteroatoms. The zero-order valence-corrected chi connectivity index (χ0v) is 19.9. The summed E-state index contributed by atoms with van der Waals surface area (Å²) < 4.78 is 66.5. The molecule has 1 aliphatic heterocycles. The fourth-order valence-corrected chi connectivity index (χ4v) is 5.31. The Labute approximate surface area is 196 Å². The molecule has 3 aromatic rings. The Bertz CT molecular complexity index is 1330. The summed E-state index contributed by atoms with van der Waals surface area (Å²) in [7, 11) is -3.29. The number of aryl methyl sites for hydroxylation is 1. The summed E-state index contributed by atoms with van der Waals surface area (Å²) in [6.07, 6.45) is -4.43. The first-order valence-electron chi connectivity index (χ1n) is 10.9. The second-order valence-electron chi connectivity index (χ2n) is 8.45. The average Bonchev–Trinajstić information content (AvgIpc) is 2.95. The van der Waals surface area contributed by atoms with Crippen LogP contribution in [0.1, 0.15) is 35.3 Å². The molecule has 4 rings (SSSR count). The van der Waals surface area contributed by atoms with Gasteiger partial charge < -0.3 is 10.2 Å². The van der Waals surface area contributed by atoms with Crippen molar-refractivity contribution in [1.82, 2.24) is 14.9 Å². The van der Waals surface area contributed by atoms with E-state index in [1.54, 1.807) is 13.0 Å². The number of aromatic nitrogens is 2. The lowest BCUT2D eigenvalue weighted by atomic mass is 9.97. The highest BCUT2D eigenvalue weighted by Gasteiger charge is 2.33. The van der Waals surface area contributed by atoms with Crippen LogP contribution in [0.4, 0.5) is 24.7 Å². The number of hydrogen-bond acceptors (Lipinski definition) is 6. The first-order valence-corrected chi connectivity index (χ1v) is 12.5. The summed E-state index contributed by atoms with van der Waals surface area (Å²) in [5.74, 6) is 0.447. The molecule has 2 heterocycles. The molecule has 1 aliphatic rings. The molecule has 34 heavy (non-hydrogen) atoms. The lowest BCUT2D eigenvalue weighted by molar-refractivity contribution is -0.138. The van der Waals surface area contributed by atoms with Gasteiger partial charge in [0, 0.05) is 36.1 Å². The van der Waals surface area contributed by atoms with E-state index in [2.05, 4.69) is 20.2 Å². The molecule has 0 saturated carbocycles. The summed E-state index contributed by atoms with van der Waals surface area (Å²) in [4.78, 5) is 1.98. The third-order valence-electron chi connectivity index (χ3n) is 6.15. The molecule has 0 spiro atoms. The van der Waals surface area contributed by atoms with E-state index in [-0.39, 0.29) is 11.3 Å². The Morgan fingerprint density at radius 2 is 1.85 bits per heavy atom. The molecule has 2 aromatic carbocycles. The van der Waals surface area contributed by atoms with Crippen molar-refractivity contribution in [2.75, 3.05) is 35.6 Å². The predicted molar refractivity (Wildman–Crippen MR) is 126 cm³/mol. The minimum atomic E-state index is -4.43. The first kappa shape index (κ1) is 24.2. The SMILES string of the molecule is Cc1c(C(C)Nc2nnc(C)c3ccc(N4CCNS(=O)(=O)CC4)cc23)cccc1C(F)(F)F. The van der Waals surface area contributed by atoms with Crippen molar-refractivity contribution in [3.63, 3.8) is 0 Å². The number of fused-ring (bicyclic) bond motifs is 1. The van der Waals surface area contributed by atoms with Gasteiger partial charge in [0.1, 0.15) is 0 Å². The largest absolute Gasteiger partial charge is 0.416 e. The van der Waals surface area contributed by atoms with Crippen molar-refractivity contribution in [2.45, 2.75) is 33.0 Å². The quantitative estimate of drug-likeness (QED) is 0.567. The standard InChI is InChI=1S/C23H26F3N5O2S/c1-14-18(5-4-6-21(14)23(24,25)26)15(2)28-22-20-13-17(7-8-19(20)16(3)29-30-22)31-10-9-27-34(32,33)12-11-31/h4-8,13,15,27H,9-12H2,1-3H3,(H,28,30). The molecule has 7 nitrogen and oxygen atoms in total. The van der Waals surface area contributed by atoms with E-state index in [9.17, 15) is 21.6 Å². The van der Waals surface area contributed by atoms with Crippen molar-refractivity contribution in [3.05, 3.63) is 58.8 Å². The Balaban J connectivity index is 1.69. The van der Waals surface area contributed by atoms with Crippen LogP contribution >= 0.6 is 0 Å². The van der Waals surface area contributed by atoms with E-state index in [1.807, 2.05) is 30.0 Å². The smallest absolute Gasteiger partial charge is 0.369 e. The highest BCUT2D eigenvalue weighted by atomic mass is 32.2. The van der Waals surface area contributed by atoms with Crippen molar-refractivity contribution < 1.29 is 21.6 Å². The van der Waals surface area contributed by atoms with E-state index in [4.69, 9.17) is 0 Å². The number of nitrogens with zero attached hydrogens (tertiary/aromatic N) is 3. The minimum Gasteiger partial charge on any atom is -0.369 e. The van der Waals surface area contributed by atoms with Crippen LogP contribution in [0.15, 0.2) is 36.4 Å². The van der Waals surface area contributed by atoms with E-state index in [0.29, 0.717) is 31.0 Å². The van der Waals surface area contributed by atoms with Crippen molar-refractivity contribution >= 4 is 32.3 Å². The van der Waals surface area contributed by atoms with Crippen molar-refractivity contribution in [3.8, 4) is 0 Å². The summed E-state index contributed by atoms with van der Waals surface area (Å²) in [5.41, 5.74) is 1.58. The fraction of sp³-hybridized carbons (Fsp3) is 0.391. The number of anilines is 2. The molecule has 0 amide bonds. The fourth-order valence-electron chi connectivity index (χ4n) is 4.30. The maximum Gasteiger partial charge on any atom is 0.416 e. The molecular weight excluding hydrogens is 467 g/mol. The molecule has 1 unspecified atom stereocenters. The zero-order valence-electron chi connectivity index (χ0n) is 19.1. The Hall–Kier alpha value is -2.92. The number of alkyl halides is 3. The Morgan fingerprint density at radius 3 is 2.59 bits per heavy atom. The van der Waals surface area contributed by atoms with Gasteiger partial charge in [0.15, 0.2) is 5.82 Å². The molecule has 0 radical (unpaired) electrons. The number of hydrogen-bond donors (Lipinski definition) is 2. The first-order chi connectivity index (χ1) is 16.0. The van der Waals surface area contributed by atoms with Gasteiger partial charge in [-0.25, -0.2) is 13.1 Å². The molecule has 0 bridgehead atoms. The lowest BCUT2D eigenvalue weighted by Crippen LogP contribution is -2.28. The third kappa shape index (κ3) is 4.95.